The van der Waals surface area contributed by atoms with E-state index in [2.05, 4.69) is 18.9 Å². The van der Waals surface area contributed by atoms with Crippen molar-refractivity contribution >= 4 is 5.69 Å². The van der Waals surface area contributed by atoms with Crippen molar-refractivity contribution in [1.82, 2.24) is 9.78 Å². The second kappa shape index (κ2) is 5.00. The molecule has 0 aliphatic rings. The van der Waals surface area contributed by atoms with Crippen LogP contribution in [0.4, 0.5) is 5.69 Å². The van der Waals surface area contributed by atoms with Gasteiger partial charge < -0.3 is 15.2 Å². The molecule has 2 rings (SSSR count). The minimum atomic E-state index is 0.296. The lowest BCUT2D eigenvalue weighted by atomic mass is 10.3. The number of rotatable bonds is 4. The monoisotopic (exact) mass is 247 g/mol. The zero-order chi connectivity index (χ0) is 13.1. The van der Waals surface area contributed by atoms with Crippen molar-refractivity contribution in [2.75, 3.05) is 12.8 Å². The Hall–Kier alpha value is -2.17. The van der Waals surface area contributed by atoms with Crippen LogP contribution in [0.1, 0.15) is 19.9 Å². The summed E-state index contributed by atoms with van der Waals surface area (Å²) in [6, 6.07) is 5.71. The third-order valence-electron chi connectivity index (χ3n) is 2.58. The molecule has 0 unspecified atom stereocenters. The Balaban J connectivity index is 2.23. The van der Waals surface area contributed by atoms with Crippen LogP contribution >= 0.6 is 0 Å². The smallest absolute Gasteiger partial charge is 0.165 e. The number of nitrogens with zero attached hydrogens (tertiary/aromatic N) is 2. The van der Waals surface area contributed by atoms with Gasteiger partial charge in [-0.15, -0.1) is 0 Å². The molecule has 5 nitrogen and oxygen atoms in total. The Morgan fingerprint density at radius 2 is 2.00 bits per heavy atom. The highest BCUT2D eigenvalue weighted by atomic mass is 16.5. The lowest BCUT2D eigenvalue weighted by Crippen LogP contribution is -1.99. The van der Waals surface area contributed by atoms with Crippen LogP contribution in [-0.2, 0) is 0 Å². The minimum Gasteiger partial charge on any atom is -0.494 e. The summed E-state index contributed by atoms with van der Waals surface area (Å²) in [7, 11) is 1.58. The first-order valence-corrected chi connectivity index (χ1v) is 5.76. The SMILES string of the molecule is COc1cccc(Oc2cnn(C(C)C)c2)c1N. The van der Waals surface area contributed by atoms with E-state index in [0.717, 1.165) is 0 Å². The highest BCUT2D eigenvalue weighted by molar-refractivity contribution is 5.63. The first kappa shape index (κ1) is 12.3. The van der Waals surface area contributed by atoms with Crippen LogP contribution in [0.3, 0.4) is 0 Å². The number of nitrogen functional groups attached to an aromatic ring is 1. The molecular formula is C13H17N3O2. The predicted molar refractivity (Wildman–Crippen MR) is 70.1 cm³/mol. The van der Waals surface area contributed by atoms with Crippen LogP contribution in [0.25, 0.3) is 0 Å². The summed E-state index contributed by atoms with van der Waals surface area (Å²) in [6.45, 7) is 4.10. The normalized spacial score (nSPS) is 10.7. The molecule has 0 fully saturated rings. The van der Waals surface area contributed by atoms with Gasteiger partial charge in [0.1, 0.15) is 11.4 Å². The molecule has 1 heterocycles. The van der Waals surface area contributed by atoms with Crippen LogP contribution < -0.4 is 15.2 Å². The van der Waals surface area contributed by atoms with Gasteiger partial charge in [-0.2, -0.15) is 5.10 Å². The molecule has 0 radical (unpaired) electrons. The number of para-hydroxylation sites is 1. The number of aromatic nitrogens is 2. The van der Waals surface area contributed by atoms with E-state index in [1.54, 1.807) is 25.4 Å². The van der Waals surface area contributed by atoms with Gasteiger partial charge in [0.15, 0.2) is 11.5 Å². The second-order valence-corrected chi connectivity index (χ2v) is 4.22. The molecular weight excluding hydrogens is 230 g/mol. The van der Waals surface area contributed by atoms with E-state index in [0.29, 0.717) is 29.0 Å². The molecule has 96 valence electrons. The van der Waals surface area contributed by atoms with E-state index in [1.165, 1.54) is 0 Å². The van der Waals surface area contributed by atoms with Crippen molar-refractivity contribution in [1.29, 1.82) is 0 Å². The summed E-state index contributed by atoms with van der Waals surface area (Å²) in [5, 5.41) is 4.20. The minimum absolute atomic E-state index is 0.296. The van der Waals surface area contributed by atoms with E-state index in [4.69, 9.17) is 15.2 Å². The highest BCUT2D eigenvalue weighted by Crippen LogP contribution is 2.34. The molecule has 1 aromatic carbocycles. The number of benzene rings is 1. The number of ether oxygens (including phenoxy) is 2. The zero-order valence-electron chi connectivity index (χ0n) is 10.8. The maximum atomic E-state index is 5.93. The van der Waals surface area contributed by atoms with Crippen LogP contribution in [-0.4, -0.2) is 16.9 Å². The predicted octanol–water partition coefficient (Wildman–Crippen LogP) is 2.85. The zero-order valence-corrected chi connectivity index (χ0v) is 10.8. The van der Waals surface area contributed by atoms with Gasteiger partial charge in [-0.3, -0.25) is 4.68 Å². The molecule has 0 amide bonds. The highest BCUT2D eigenvalue weighted by Gasteiger charge is 2.09. The van der Waals surface area contributed by atoms with Crippen LogP contribution in [0.2, 0.25) is 0 Å². The Bertz CT molecular complexity index is 535. The van der Waals surface area contributed by atoms with E-state index in [9.17, 15) is 0 Å². The third-order valence-corrected chi connectivity index (χ3v) is 2.58. The van der Waals surface area contributed by atoms with Crippen molar-refractivity contribution in [3.63, 3.8) is 0 Å². The van der Waals surface area contributed by atoms with Crippen molar-refractivity contribution < 1.29 is 9.47 Å². The lowest BCUT2D eigenvalue weighted by molar-refractivity contribution is 0.412. The van der Waals surface area contributed by atoms with Gasteiger partial charge in [0.05, 0.1) is 19.5 Å². The number of nitrogens with two attached hydrogens (primary N) is 1. The lowest BCUT2D eigenvalue weighted by Gasteiger charge is -2.09. The number of hydrogen-bond donors (Lipinski definition) is 1. The second-order valence-electron chi connectivity index (χ2n) is 4.22. The van der Waals surface area contributed by atoms with Crippen LogP contribution in [0.5, 0.6) is 17.2 Å². The molecule has 0 saturated heterocycles. The van der Waals surface area contributed by atoms with Crippen molar-refractivity contribution in [3.05, 3.63) is 30.6 Å². The van der Waals surface area contributed by atoms with Gasteiger partial charge in [0, 0.05) is 6.04 Å². The van der Waals surface area contributed by atoms with Crippen molar-refractivity contribution in [2.24, 2.45) is 0 Å². The summed E-state index contributed by atoms with van der Waals surface area (Å²) >= 11 is 0. The number of hydrogen-bond acceptors (Lipinski definition) is 4. The number of anilines is 1. The summed E-state index contributed by atoms with van der Waals surface area (Å²) in [4.78, 5) is 0. The van der Waals surface area contributed by atoms with E-state index < -0.39 is 0 Å². The average molecular weight is 247 g/mol. The van der Waals surface area contributed by atoms with Gasteiger partial charge in [-0.25, -0.2) is 0 Å². The molecule has 5 heteroatoms. The maximum absolute atomic E-state index is 5.93. The fourth-order valence-electron chi connectivity index (χ4n) is 1.57. The Labute approximate surface area is 106 Å². The van der Waals surface area contributed by atoms with E-state index in [-0.39, 0.29) is 0 Å². The molecule has 0 aliphatic carbocycles. The average Bonchev–Trinajstić information content (AvgIpc) is 2.80. The third kappa shape index (κ3) is 2.40. The Kier molecular flexibility index (Phi) is 3.41. The van der Waals surface area contributed by atoms with Crippen LogP contribution in [0, 0.1) is 0 Å². The topological polar surface area (TPSA) is 62.3 Å². The summed E-state index contributed by atoms with van der Waals surface area (Å²) in [5.41, 5.74) is 6.41. The quantitative estimate of drug-likeness (QED) is 0.844. The van der Waals surface area contributed by atoms with E-state index >= 15 is 0 Å². The van der Waals surface area contributed by atoms with Gasteiger partial charge in [0.25, 0.3) is 0 Å². The molecule has 0 saturated carbocycles. The molecule has 18 heavy (non-hydrogen) atoms. The van der Waals surface area contributed by atoms with Gasteiger partial charge in [-0.1, -0.05) is 6.07 Å². The fraction of sp³-hybridized carbons (Fsp3) is 0.308. The largest absolute Gasteiger partial charge is 0.494 e. The molecule has 0 atom stereocenters. The molecule has 1 aromatic heterocycles. The molecule has 0 spiro atoms. The van der Waals surface area contributed by atoms with Gasteiger partial charge in [-0.05, 0) is 26.0 Å². The number of methoxy groups -OCH3 is 1. The summed E-state index contributed by atoms with van der Waals surface area (Å²) in [5.74, 6) is 1.82. The van der Waals surface area contributed by atoms with Gasteiger partial charge >= 0.3 is 0 Å². The first-order valence-electron chi connectivity index (χ1n) is 5.76. The summed E-state index contributed by atoms with van der Waals surface area (Å²) < 4.78 is 12.7. The van der Waals surface area contributed by atoms with Crippen LogP contribution in [0.15, 0.2) is 30.6 Å². The Morgan fingerprint density at radius 1 is 1.28 bits per heavy atom. The molecule has 2 N–H and O–H groups in total. The van der Waals surface area contributed by atoms with Crippen molar-refractivity contribution in [3.8, 4) is 17.2 Å². The first-order chi connectivity index (χ1) is 8.61. The Morgan fingerprint density at radius 3 is 2.61 bits per heavy atom. The maximum Gasteiger partial charge on any atom is 0.165 e. The van der Waals surface area contributed by atoms with E-state index in [1.807, 2.05) is 16.9 Å². The standard InChI is InChI=1S/C13H17N3O2/c1-9(2)16-8-10(7-15-16)18-12-6-4-5-11(17-3)13(12)14/h4-9H,14H2,1-3H3. The van der Waals surface area contributed by atoms with Crippen molar-refractivity contribution in [2.45, 2.75) is 19.9 Å². The fourth-order valence-corrected chi connectivity index (χ4v) is 1.57. The molecule has 2 aromatic rings. The molecule has 0 bridgehead atoms. The van der Waals surface area contributed by atoms with Gasteiger partial charge in [0.2, 0.25) is 0 Å². The summed E-state index contributed by atoms with van der Waals surface area (Å²) in [6.07, 6.45) is 3.50. The molecule has 0 aliphatic heterocycles.